The molecule has 2 aromatic carbocycles. The molecule has 1 amide bonds. The summed E-state index contributed by atoms with van der Waals surface area (Å²) in [5, 5.41) is 15.0. The van der Waals surface area contributed by atoms with E-state index in [0.717, 1.165) is 16.3 Å². The quantitative estimate of drug-likeness (QED) is 0.653. The van der Waals surface area contributed by atoms with Crippen molar-refractivity contribution in [3.05, 3.63) is 72.3 Å². The molecule has 1 atom stereocenters. The van der Waals surface area contributed by atoms with E-state index in [4.69, 9.17) is 0 Å². The third-order valence-electron chi connectivity index (χ3n) is 3.18. The Kier molecular flexibility index (Phi) is 5.29. The first-order chi connectivity index (χ1) is 10.2. The van der Waals surface area contributed by atoms with E-state index in [1.807, 2.05) is 55.5 Å². The minimum absolute atomic E-state index is 0.192. The second-order valence-corrected chi connectivity index (χ2v) is 4.75. The Balaban J connectivity index is 1.98. The Morgan fingerprint density at radius 2 is 1.95 bits per heavy atom. The number of hydrogen-bond acceptors (Lipinski definition) is 2. The van der Waals surface area contributed by atoms with Crippen LogP contribution in [0.1, 0.15) is 18.6 Å². The van der Waals surface area contributed by atoms with Crippen LogP contribution in [0.2, 0.25) is 0 Å². The van der Waals surface area contributed by atoms with Crippen LogP contribution in [0.3, 0.4) is 0 Å². The standard InChI is InChI=1S/C18H19NO2/c1-2-3-4-9-18(21)19-13-17(20)16-11-10-14-7-5-6-8-15(14)12-16/h2-12,17,20H,13H2,1H3,(H,19,21). The zero-order valence-electron chi connectivity index (χ0n) is 12.0. The smallest absolute Gasteiger partial charge is 0.244 e. The summed E-state index contributed by atoms with van der Waals surface area (Å²) in [6, 6.07) is 13.8. The van der Waals surface area contributed by atoms with Crippen LogP contribution in [0.5, 0.6) is 0 Å². The molecule has 0 heterocycles. The molecule has 0 aliphatic carbocycles. The maximum Gasteiger partial charge on any atom is 0.244 e. The van der Waals surface area contributed by atoms with Gasteiger partial charge in [-0.05, 0) is 29.3 Å². The van der Waals surface area contributed by atoms with Gasteiger partial charge < -0.3 is 10.4 Å². The topological polar surface area (TPSA) is 49.3 Å². The Bertz CT molecular complexity index is 674. The number of carbonyl (C=O) groups excluding carboxylic acids is 1. The summed E-state index contributed by atoms with van der Waals surface area (Å²) in [5.41, 5.74) is 0.798. The van der Waals surface area contributed by atoms with Crippen molar-refractivity contribution in [2.75, 3.05) is 6.54 Å². The number of allylic oxidation sites excluding steroid dienone is 3. The van der Waals surface area contributed by atoms with Gasteiger partial charge >= 0.3 is 0 Å². The fourth-order valence-electron chi connectivity index (χ4n) is 2.04. The van der Waals surface area contributed by atoms with Gasteiger partial charge in [-0.3, -0.25) is 4.79 Å². The number of aliphatic hydroxyl groups is 1. The number of nitrogens with one attached hydrogen (secondary N) is 1. The van der Waals surface area contributed by atoms with E-state index in [1.54, 1.807) is 12.2 Å². The molecule has 0 aliphatic rings. The molecule has 21 heavy (non-hydrogen) atoms. The van der Waals surface area contributed by atoms with Gasteiger partial charge in [0.05, 0.1) is 6.10 Å². The van der Waals surface area contributed by atoms with Crippen molar-refractivity contribution in [2.24, 2.45) is 0 Å². The van der Waals surface area contributed by atoms with Crippen molar-refractivity contribution in [2.45, 2.75) is 13.0 Å². The number of carbonyl (C=O) groups is 1. The summed E-state index contributed by atoms with van der Waals surface area (Å²) in [7, 11) is 0. The Morgan fingerprint density at radius 1 is 1.19 bits per heavy atom. The average molecular weight is 281 g/mol. The van der Waals surface area contributed by atoms with Crippen molar-refractivity contribution < 1.29 is 9.90 Å². The van der Waals surface area contributed by atoms with Gasteiger partial charge in [-0.15, -0.1) is 0 Å². The summed E-state index contributed by atoms with van der Waals surface area (Å²) in [4.78, 5) is 11.5. The lowest BCUT2D eigenvalue weighted by Gasteiger charge is -2.12. The molecule has 0 saturated carbocycles. The number of hydrogen-bond donors (Lipinski definition) is 2. The molecule has 1 unspecified atom stereocenters. The first-order valence-corrected chi connectivity index (χ1v) is 6.94. The SMILES string of the molecule is CC=CC=CC(=O)NCC(O)c1ccc2ccccc2c1. The highest BCUT2D eigenvalue weighted by molar-refractivity contribution is 5.87. The van der Waals surface area contributed by atoms with E-state index in [1.165, 1.54) is 6.08 Å². The van der Waals surface area contributed by atoms with Gasteiger partial charge in [0, 0.05) is 12.6 Å². The molecule has 2 N–H and O–H groups in total. The molecule has 0 saturated heterocycles. The summed E-state index contributed by atoms with van der Waals surface area (Å²) < 4.78 is 0. The van der Waals surface area contributed by atoms with Crippen LogP contribution in [0.4, 0.5) is 0 Å². The van der Waals surface area contributed by atoms with Crippen LogP contribution in [-0.2, 0) is 4.79 Å². The summed E-state index contributed by atoms with van der Waals surface area (Å²) in [5.74, 6) is -0.215. The van der Waals surface area contributed by atoms with Gasteiger partial charge in [-0.2, -0.15) is 0 Å². The molecule has 0 aromatic heterocycles. The first kappa shape index (κ1) is 15.0. The Morgan fingerprint density at radius 3 is 2.71 bits per heavy atom. The number of amides is 1. The fraction of sp³-hybridized carbons (Fsp3) is 0.167. The van der Waals surface area contributed by atoms with Crippen LogP contribution < -0.4 is 5.32 Å². The van der Waals surface area contributed by atoms with Crippen molar-refractivity contribution in [3.63, 3.8) is 0 Å². The normalized spacial score (nSPS) is 13.0. The van der Waals surface area contributed by atoms with E-state index in [0.29, 0.717) is 0 Å². The molecule has 0 aliphatic heterocycles. The van der Waals surface area contributed by atoms with Gasteiger partial charge in [0.2, 0.25) is 5.91 Å². The van der Waals surface area contributed by atoms with E-state index >= 15 is 0 Å². The largest absolute Gasteiger partial charge is 0.387 e. The van der Waals surface area contributed by atoms with Crippen LogP contribution in [0.25, 0.3) is 10.8 Å². The minimum atomic E-state index is -0.714. The van der Waals surface area contributed by atoms with Crippen molar-refractivity contribution in [1.29, 1.82) is 0 Å². The van der Waals surface area contributed by atoms with Crippen LogP contribution >= 0.6 is 0 Å². The van der Waals surface area contributed by atoms with Crippen molar-refractivity contribution >= 4 is 16.7 Å². The second kappa shape index (κ2) is 7.41. The molecule has 2 aromatic rings. The molecular weight excluding hydrogens is 262 g/mol. The van der Waals surface area contributed by atoms with E-state index in [-0.39, 0.29) is 12.5 Å². The highest BCUT2D eigenvalue weighted by Gasteiger charge is 2.08. The molecule has 0 bridgehead atoms. The van der Waals surface area contributed by atoms with Gasteiger partial charge in [-0.25, -0.2) is 0 Å². The molecule has 3 heteroatoms. The van der Waals surface area contributed by atoms with Gasteiger partial charge in [0.1, 0.15) is 0 Å². The molecule has 3 nitrogen and oxygen atoms in total. The van der Waals surface area contributed by atoms with Crippen LogP contribution in [-0.4, -0.2) is 17.6 Å². The third-order valence-corrected chi connectivity index (χ3v) is 3.18. The summed E-state index contributed by atoms with van der Waals surface area (Å²) in [6.07, 6.45) is 6.01. The average Bonchev–Trinajstić information content (AvgIpc) is 2.52. The van der Waals surface area contributed by atoms with E-state index < -0.39 is 6.10 Å². The number of aliphatic hydroxyl groups excluding tert-OH is 1. The summed E-state index contributed by atoms with van der Waals surface area (Å²) >= 11 is 0. The minimum Gasteiger partial charge on any atom is -0.387 e. The lowest BCUT2D eigenvalue weighted by Crippen LogP contribution is -2.26. The predicted octanol–water partition coefficient (Wildman–Crippen LogP) is 3.12. The van der Waals surface area contributed by atoms with Gasteiger partial charge in [-0.1, -0.05) is 54.6 Å². The fourth-order valence-corrected chi connectivity index (χ4v) is 2.04. The van der Waals surface area contributed by atoms with E-state index in [9.17, 15) is 9.90 Å². The van der Waals surface area contributed by atoms with Crippen LogP contribution in [0.15, 0.2) is 66.8 Å². The van der Waals surface area contributed by atoms with Crippen molar-refractivity contribution in [1.82, 2.24) is 5.32 Å². The second-order valence-electron chi connectivity index (χ2n) is 4.75. The molecule has 108 valence electrons. The number of rotatable bonds is 5. The van der Waals surface area contributed by atoms with E-state index in [2.05, 4.69) is 5.32 Å². The van der Waals surface area contributed by atoms with Crippen molar-refractivity contribution in [3.8, 4) is 0 Å². The monoisotopic (exact) mass is 281 g/mol. The lowest BCUT2D eigenvalue weighted by molar-refractivity contribution is -0.116. The molecule has 0 fully saturated rings. The number of fused-ring (bicyclic) bond motifs is 1. The molecule has 0 radical (unpaired) electrons. The zero-order valence-corrected chi connectivity index (χ0v) is 12.0. The maximum atomic E-state index is 11.5. The predicted molar refractivity (Wildman–Crippen MR) is 85.9 cm³/mol. The third kappa shape index (κ3) is 4.29. The molecule has 2 rings (SSSR count). The highest BCUT2D eigenvalue weighted by Crippen LogP contribution is 2.19. The van der Waals surface area contributed by atoms with Gasteiger partial charge in [0.15, 0.2) is 0 Å². The first-order valence-electron chi connectivity index (χ1n) is 6.94. The van der Waals surface area contributed by atoms with Crippen LogP contribution in [0, 0.1) is 0 Å². The zero-order chi connectivity index (χ0) is 15.1. The molecule has 0 spiro atoms. The maximum absolute atomic E-state index is 11.5. The Labute approximate surface area is 124 Å². The highest BCUT2D eigenvalue weighted by atomic mass is 16.3. The van der Waals surface area contributed by atoms with Gasteiger partial charge in [0.25, 0.3) is 0 Å². The lowest BCUT2D eigenvalue weighted by atomic mass is 10.0. The number of benzene rings is 2. The summed E-state index contributed by atoms with van der Waals surface area (Å²) in [6.45, 7) is 2.07. The molecular formula is C18H19NO2. The Hall–Kier alpha value is -2.39.